The minimum absolute atomic E-state index is 0.0831. The van der Waals surface area contributed by atoms with E-state index in [1.54, 1.807) is 32.4 Å². The Morgan fingerprint density at radius 1 is 1.12 bits per heavy atom. The van der Waals surface area contributed by atoms with Crippen molar-refractivity contribution in [3.05, 3.63) is 35.4 Å². The van der Waals surface area contributed by atoms with Crippen LogP contribution in [0.2, 0.25) is 0 Å². The van der Waals surface area contributed by atoms with Gasteiger partial charge in [-0.3, -0.25) is 4.79 Å². The SMILES string of the molecule is COc1cc(OC)cc(C(=O)C2=CCCC2)c1. The summed E-state index contributed by atoms with van der Waals surface area (Å²) in [5, 5.41) is 0. The molecule has 0 bridgehead atoms. The molecule has 0 unspecified atom stereocenters. The first-order valence-electron chi connectivity index (χ1n) is 5.71. The molecule has 0 saturated carbocycles. The monoisotopic (exact) mass is 232 g/mol. The second kappa shape index (κ2) is 5.04. The summed E-state index contributed by atoms with van der Waals surface area (Å²) in [6.07, 6.45) is 4.97. The number of ether oxygens (including phenoxy) is 2. The zero-order chi connectivity index (χ0) is 12.3. The van der Waals surface area contributed by atoms with Gasteiger partial charge in [-0.05, 0) is 37.0 Å². The third kappa shape index (κ3) is 2.49. The van der Waals surface area contributed by atoms with E-state index in [1.165, 1.54) is 0 Å². The first-order chi connectivity index (χ1) is 8.24. The van der Waals surface area contributed by atoms with E-state index in [0.29, 0.717) is 17.1 Å². The van der Waals surface area contributed by atoms with E-state index in [9.17, 15) is 4.79 Å². The van der Waals surface area contributed by atoms with Crippen LogP contribution < -0.4 is 9.47 Å². The highest BCUT2D eigenvalue weighted by Gasteiger charge is 2.16. The summed E-state index contributed by atoms with van der Waals surface area (Å²) in [4.78, 5) is 12.2. The van der Waals surface area contributed by atoms with Gasteiger partial charge in [0.15, 0.2) is 5.78 Å². The summed E-state index contributed by atoms with van der Waals surface area (Å²) in [6, 6.07) is 5.27. The van der Waals surface area contributed by atoms with E-state index < -0.39 is 0 Å². The highest BCUT2D eigenvalue weighted by Crippen LogP contribution is 2.27. The lowest BCUT2D eigenvalue weighted by Gasteiger charge is -2.08. The van der Waals surface area contributed by atoms with E-state index in [-0.39, 0.29) is 5.78 Å². The van der Waals surface area contributed by atoms with Crippen LogP contribution in [0.4, 0.5) is 0 Å². The van der Waals surface area contributed by atoms with Gasteiger partial charge in [0.1, 0.15) is 11.5 Å². The second-order valence-electron chi connectivity index (χ2n) is 4.05. The summed E-state index contributed by atoms with van der Waals surface area (Å²) < 4.78 is 10.3. The van der Waals surface area contributed by atoms with Crippen molar-refractivity contribution in [1.29, 1.82) is 0 Å². The van der Waals surface area contributed by atoms with Crippen LogP contribution in [0.1, 0.15) is 29.6 Å². The van der Waals surface area contributed by atoms with Gasteiger partial charge >= 0.3 is 0 Å². The maximum absolute atomic E-state index is 12.2. The number of methoxy groups -OCH3 is 2. The Morgan fingerprint density at radius 2 is 1.76 bits per heavy atom. The summed E-state index contributed by atoms with van der Waals surface area (Å²) in [5.41, 5.74) is 1.54. The molecule has 1 aliphatic carbocycles. The topological polar surface area (TPSA) is 35.5 Å². The van der Waals surface area contributed by atoms with Crippen LogP contribution in [-0.4, -0.2) is 20.0 Å². The molecule has 0 N–H and O–H groups in total. The lowest BCUT2D eigenvalue weighted by atomic mass is 10.0. The maximum Gasteiger partial charge on any atom is 0.188 e. The molecular formula is C14H16O3. The molecule has 1 aliphatic rings. The van der Waals surface area contributed by atoms with Crippen LogP contribution in [0.15, 0.2) is 29.8 Å². The zero-order valence-corrected chi connectivity index (χ0v) is 10.2. The average molecular weight is 232 g/mol. The van der Waals surface area contributed by atoms with E-state index in [1.807, 2.05) is 6.08 Å². The van der Waals surface area contributed by atoms with Gasteiger partial charge in [-0.15, -0.1) is 0 Å². The minimum Gasteiger partial charge on any atom is -0.497 e. The average Bonchev–Trinajstić information content (AvgIpc) is 2.91. The predicted octanol–water partition coefficient (Wildman–Crippen LogP) is 3.00. The number of allylic oxidation sites excluding steroid dienone is 2. The van der Waals surface area contributed by atoms with Crippen LogP contribution in [-0.2, 0) is 0 Å². The number of hydrogen-bond acceptors (Lipinski definition) is 3. The van der Waals surface area contributed by atoms with Crippen molar-refractivity contribution in [2.45, 2.75) is 19.3 Å². The summed E-state index contributed by atoms with van der Waals surface area (Å²) in [5.74, 6) is 1.37. The second-order valence-corrected chi connectivity index (χ2v) is 4.05. The molecule has 0 heterocycles. The first kappa shape index (κ1) is 11.7. The molecule has 3 nitrogen and oxygen atoms in total. The van der Waals surface area contributed by atoms with Crippen molar-refractivity contribution in [2.75, 3.05) is 14.2 Å². The van der Waals surface area contributed by atoms with Crippen molar-refractivity contribution < 1.29 is 14.3 Å². The number of benzene rings is 1. The molecule has 1 aromatic rings. The van der Waals surface area contributed by atoms with Gasteiger partial charge in [-0.25, -0.2) is 0 Å². The number of carbonyl (C=O) groups excluding carboxylic acids is 1. The van der Waals surface area contributed by atoms with Crippen molar-refractivity contribution in [3.8, 4) is 11.5 Å². The number of rotatable bonds is 4. The predicted molar refractivity (Wildman–Crippen MR) is 65.8 cm³/mol. The molecule has 0 radical (unpaired) electrons. The fraction of sp³-hybridized carbons (Fsp3) is 0.357. The van der Waals surface area contributed by atoms with Crippen molar-refractivity contribution in [2.24, 2.45) is 0 Å². The number of hydrogen-bond donors (Lipinski definition) is 0. The fourth-order valence-electron chi connectivity index (χ4n) is 2.00. The fourth-order valence-corrected chi connectivity index (χ4v) is 2.00. The van der Waals surface area contributed by atoms with Crippen molar-refractivity contribution in [3.63, 3.8) is 0 Å². The molecule has 0 spiro atoms. The Morgan fingerprint density at radius 3 is 2.24 bits per heavy atom. The molecule has 0 saturated heterocycles. The van der Waals surface area contributed by atoms with Gasteiger partial charge in [0.25, 0.3) is 0 Å². The van der Waals surface area contributed by atoms with Crippen molar-refractivity contribution >= 4 is 5.78 Å². The molecule has 0 aromatic heterocycles. The van der Waals surface area contributed by atoms with Gasteiger partial charge in [0.2, 0.25) is 0 Å². The summed E-state index contributed by atoms with van der Waals surface area (Å²) in [7, 11) is 3.16. The van der Waals surface area contributed by atoms with Crippen LogP contribution in [0.5, 0.6) is 11.5 Å². The zero-order valence-electron chi connectivity index (χ0n) is 10.2. The molecule has 0 atom stereocenters. The van der Waals surface area contributed by atoms with E-state index >= 15 is 0 Å². The molecule has 0 amide bonds. The third-order valence-corrected chi connectivity index (χ3v) is 2.95. The lowest BCUT2D eigenvalue weighted by molar-refractivity contribution is 0.103. The molecule has 0 fully saturated rings. The first-order valence-corrected chi connectivity index (χ1v) is 5.71. The normalized spacial score (nSPS) is 14.4. The van der Waals surface area contributed by atoms with E-state index in [0.717, 1.165) is 24.8 Å². The van der Waals surface area contributed by atoms with Crippen LogP contribution >= 0.6 is 0 Å². The molecule has 1 aromatic carbocycles. The minimum atomic E-state index is 0.0831. The largest absolute Gasteiger partial charge is 0.497 e. The third-order valence-electron chi connectivity index (χ3n) is 2.95. The molecule has 0 aliphatic heterocycles. The van der Waals surface area contributed by atoms with Crippen LogP contribution in [0.25, 0.3) is 0 Å². The standard InChI is InChI=1S/C14H16O3/c1-16-12-7-11(8-13(9-12)17-2)14(15)10-5-3-4-6-10/h5,7-9H,3-4,6H2,1-2H3. The Balaban J connectivity index is 2.33. The molecule has 2 rings (SSSR count). The van der Waals surface area contributed by atoms with Crippen LogP contribution in [0.3, 0.4) is 0 Å². The molecule has 3 heteroatoms. The van der Waals surface area contributed by atoms with Gasteiger partial charge in [-0.1, -0.05) is 6.08 Å². The summed E-state index contributed by atoms with van der Waals surface area (Å²) in [6.45, 7) is 0. The highest BCUT2D eigenvalue weighted by atomic mass is 16.5. The van der Waals surface area contributed by atoms with Crippen LogP contribution in [0, 0.1) is 0 Å². The van der Waals surface area contributed by atoms with Gasteiger partial charge in [0.05, 0.1) is 14.2 Å². The Hall–Kier alpha value is -1.77. The van der Waals surface area contributed by atoms with E-state index in [2.05, 4.69) is 0 Å². The molecule has 17 heavy (non-hydrogen) atoms. The quantitative estimate of drug-likeness (QED) is 0.748. The maximum atomic E-state index is 12.2. The smallest absolute Gasteiger partial charge is 0.188 e. The Labute approximate surface area is 101 Å². The molecule has 90 valence electrons. The highest BCUT2D eigenvalue weighted by molar-refractivity contribution is 6.09. The van der Waals surface area contributed by atoms with Crippen molar-refractivity contribution in [1.82, 2.24) is 0 Å². The van der Waals surface area contributed by atoms with Gasteiger partial charge in [-0.2, -0.15) is 0 Å². The summed E-state index contributed by atoms with van der Waals surface area (Å²) >= 11 is 0. The number of Topliss-reactive ketones (excluding diaryl/α,β-unsaturated/α-hetero) is 1. The Kier molecular flexibility index (Phi) is 3.47. The Bertz CT molecular complexity index is 438. The van der Waals surface area contributed by atoms with Gasteiger partial charge < -0.3 is 9.47 Å². The molecular weight excluding hydrogens is 216 g/mol. The van der Waals surface area contributed by atoms with E-state index in [4.69, 9.17) is 9.47 Å². The lowest BCUT2D eigenvalue weighted by Crippen LogP contribution is -2.02. The number of ketones is 1. The van der Waals surface area contributed by atoms with Gasteiger partial charge in [0, 0.05) is 11.6 Å². The number of carbonyl (C=O) groups is 1.